The molecule has 2 unspecified atom stereocenters. The van der Waals surface area contributed by atoms with Crippen molar-refractivity contribution in [2.75, 3.05) is 6.54 Å². The fourth-order valence-electron chi connectivity index (χ4n) is 8.02. The Morgan fingerprint density at radius 2 is 1.76 bits per heavy atom. The van der Waals surface area contributed by atoms with Crippen molar-refractivity contribution in [2.45, 2.75) is 89.8 Å². The van der Waals surface area contributed by atoms with E-state index in [1.807, 2.05) is 0 Å². The molecule has 4 fully saturated rings. The van der Waals surface area contributed by atoms with E-state index in [1.165, 1.54) is 12.8 Å². The van der Waals surface area contributed by atoms with Gasteiger partial charge in [-0.2, -0.15) is 0 Å². The fraction of sp³-hybridized carbons (Fsp3) is 1.00. The predicted octanol–water partition coefficient (Wildman–Crippen LogP) is 3.49. The summed E-state index contributed by atoms with van der Waals surface area (Å²) in [5, 5.41) is 31.1. The minimum absolute atomic E-state index is 0.00238. The largest absolute Gasteiger partial charge is 0.393 e. The summed E-state index contributed by atoms with van der Waals surface area (Å²) >= 11 is 0. The molecule has 0 amide bonds. The molecule has 8 atom stereocenters. The van der Waals surface area contributed by atoms with E-state index in [0.717, 1.165) is 51.4 Å². The molecule has 4 aliphatic carbocycles. The van der Waals surface area contributed by atoms with Crippen molar-refractivity contribution in [1.29, 1.82) is 0 Å². The molecule has 4 nitrogen and oxygen atoms in total. The average Bonchev–Trinajstić information content (AvgIpc) is 2.85. The third kappa shape index (κ3) is 2.47. The molecule has 25 heavy (non-hydrogen) atoms. The van der Waals surface area contributed by atoms with Crippen molar-refractivity contribution in [1.82, 2.24) is 5.48 Å². The first-order valence-electron chi connectivity index (χ1n) is 10.6. The molecule has 0 spiro atoms. The normalized spacial score (nSPS) is 55.3. The summed E-state index contributed by atoms with van der Waals surface area (Å²) in [4.78, 5) is 0. The maximum absolute atomic E-state index is 12.0. The molecule has 144 valence electrons. The van der Waals surface area contributed by atoms with Gasteiger partial charge < -0.3 is 15.4 Å². The number of aliphatic hydroxyl groups excluding tert-OH is 1. The summed E-state index contributed by atoms with van der Waals surface area (Å²) in [7, 11) is 0. The smallest absolute Gasteiger partial charge is 0.0734 e. The third-order valence-electron chi connectivity index (χ3n) is 9.62. The van der Waals surface area contributed by atoms with Gasteiger partial charge in [-0.15, -0.1) is 0 Å². The highest BCUT2D eigenvalue weighted by molar-refractivity contribution is 5.16. The van der Waals surface area contributed by atoms with Crippen LogP contribution in [0, 0.1) is 34.5 Å². The van der Waals surface area contributed by atoms with Gasteiger partial charge in [0.25, 0.3) is 0 Å². The van der Waals surface area contributed by atoms with Crippen LogP contribution >= 0.6 is 0 Å². The van der Waals surface area contributed by atoms with Gasteiger partial charge in [-0.05, 0) is 98.7 Å². The minimum atomic E-state index is -0.528. The Kier molecular flexibility index (Phi) is 4.51. The minimum Gasteiger partial charge on any atom is -0.393 e. The molecule has 4 heteroatoms. The van der Waals surface area contributed by atoms with E-state index in [2.05, 4.69) is 19.3 Å². The number of rotatable bonds is 3. The van der Waals surface area contributed by atoms with Crippen LogP contribution in [0.25, 0.3) is 0 Å². The molecule has 4 N–H and O–H groups in total. The first-order valence-corrected chi connectivity index (χ1v) is 10.6. The maximum Gasteiger partial charge on any atom is 0.0734 e. The zero-order valence-corrected chi connectivity index (χ0v) is 16.0. The van der Waals surface area contributed by atoms with E-state index in [-0.39, 0.29) is 11.5 Å². The quantitative estimate of drug-likeness (QED) is 0.587. The molecule has 4 rings (SSSR count). The van der Waals surface area contributed by atoms with Crippen LogP contribution in [0.2, 0.25) is 0 Å². The second kappa shape index (κ2) is 6.19. The standard InChI is InChI=1S/C21H37NO3/c1-19-9-6-16(23)13-15(19)3-4-18-17(19)7-10-20(2)14(8-12-22-25)5-11-21(18,20)24/h14-18,22-25H,3-13H2,1-2H3/t14-,15?,16?,17+,18-,19+,20-,21-/m1/s1. The van der Waals surface area contributed by atoms with Crippen LogP contribution in [-0.4, -0.2) is 33.7 Å². The Labute approximate surface area is 152 Å². The first-order chi connectivity index (χ1) is 11.8. The summed E-state index contributed by atoms with van der Waals surface area (Å²) in [5.41, 5.74) is 2.10. The van der Waals surface area contributed by atoms with Gasteiger partial charge >= 0.3 is 0 Å². The molecule has 0 aromatic heterocycles. The first kappa shape index (κ1) is 18.2. The number of nitrogens with one attached hydrogen (secondary N) is 1. The van der Waals surface area contributed by atoms with Crippen LogP contribution in [0.4, 0.5) is 0 Å². The Hall–Kier alpha value is -0.160. The molecule has 4 saturated carbocycles. The Bertz CT molecular complexity index is 513. The summed E-state index contributed by atoms with van der Waals surface area (Å²) in [5.74, 6) is 2.19. The molecule has 0 radical (unpaired) electrons. The Morgan fingerprint density at radius 1 is 0.960 bits per heavy atom. The van der Waals surface area contributed by atoms with Gasteiger partial charge in [-0.1, -0.05) is 13.8 Å². The predicted molar refractivity (Wildman–Crippen MR) is 97.1 cm³/mol. The van der Waals surface area contributed by atoms with Crippen LogP contribution < -0.4 is 5.48 Å². The lowest BCUT2D eigenvalue weighted by molar-refractivity contribution is -0.210. The number of hydroxylamine groups is 1. The van der Waals surface area contributed by atoms with Gasteiger partial charge in [0.1, 0.15) is 0 Å². The van der Waals surface area contributed by atoms with Crippen LogP contribution in [-0.2, 0) is 0 Å². The zero-order chi connectivity index (χ0) is 17.9. The molecule has 0 aromatic rings. The van der Waals surface area contributed by atoms with Crippen LogP contribution in [0.5, 0.6) is 0 Å². The molecule has 0 aliphatic heterocycles. The molecular formula is C21H37NO3. The fourth-order valence-corrected chi connectivity index (χ4v) is 8.02. The van der Waals surface area contributed by atoms with Crippen molar-refractivity contribution in [3.05, 3.63) is 0 Å². The van der Waals surface area contributed by atoms with Crippen LogP contribution in [0.1, 0.15) is 78.1 Å². The highest BCUT2D eigenvalue weighted by atomic mass is 16.5. The van der Waals surface area contributed by atoms with E-state index in [0.29, 0.717) is 35.6 Å². The zero-order valence-electron chi connectivity index (χ0n) is 16.0. The summed E-state index contributed by atoms with van der Waals surface area (Å²) in [6, 6.07) is 0. The van der Waals surface area contributed by atoms with E-state index in [1.54, 1.807) is 0 Å². The van der Waals surface area contributed by atoms with Crippen molar-refractivity contribution in [3.63, 3.8) is 0 Å². The summed E-state index contributed by atoms with van der Waals surface area (Å²) < 4.78 is 0. The van der Waals surface area contributed by atoms with Crippen molar-refractivity contribution in [2.24, 2.45) is 34.5 Å². The Morgan fingerprint density at radius 3 is 2.52 bits per heavy atom. The van der Waals surface area contributed by atoms with Gasteiger partial charge in [0.15, 0.2) is 0 Å². The topological polar surface area (TPSA) is 72.7 Å². The lowest BCUT2D eigenvalue weighted by Gasteiger charge is -2.63. The van der Waals surface area contributed by atoms with Gasteiger partial charge in [-0.25, -0.2) is 5.48 Å². The summed E-state index contributed by atoms with van der Waals surface area (Å²) in [6.45, 7) is 5.42. The highest BCUT2D eigenvalue weighted by Gasteiger charge is 2.66. The van der Waals surface area contributed by atoms with Gasteiger partial charge in [0.05, 0.1) is 11.7 Å². The molecule has 0 heterocycles. The van der Waals surface area contributed by atoms with Gasteiger partial charge in [0, 0.05) is 6.54 Å². The van der Waals surface area contributed by atoms with Crippen molar-refractivity contribution < 1.29 is 15.4 Å². The highest BCUT2D eigenvalue weighted by Crippen LogP contribution is 2.69. The summed E-state index contributed by atoms with van der Waals surface area (Å²) in [6.07, 6.45) is 10.6. The van der Waals surface area contributed by atoms with Crippen molar-refractivity contribution >= 4 is 0 Å². The third-order valence-corrected chi connectivity index (χ3v) is 9.62. The number of hydrogen-bond acceptors (Lipinski definition) is 4. The average molecular weight is 352 g/mol. The second-order valence-electron chi connectivity index (χ2n) is 10.2. The van der Waals surface area contributed by atoms with Crippen LogP contribution in [0.3, 0.4) is 0 Å². The SMILES string of the molecule is C[C@]12CCC(O)CC1CC[C@@H]1[C@@H]2CC[C@]2(C)[C@@H](CCNO)CC[C@@]12O. The lowest BCUT2D eigenvalue weighted by Crippen LogP contribution is -2.62. The molecule has 0 aromatic carbocycles. The van der Waals surface area contributed by atoms with E-state index < -0.39 is 5.60 Å². The van der Waals surface area contributed by atoms with E-state index in [9.17, 15) is 10.2 Å². The van der Waals surface area contributed by atoms with Crippen molar-refractivity contribution in [3.8, 4) is 0 Å². The number of aliphatic hydroxyl groups is 2. The monoisotopic (exact) mass is 351 g/mol. The second-order valence-corrected chi connectivity index (χ2v) is 10.2. The molecular weight excluding hydrogens is 314 g/mol. The van der Waals surface area contributed by atoms with Gasteiger partial charge in [0.2, 0.25) is 0 Å². The van der Waals surface area contributed by atoms with E-state index in [4.69, 9.17) is 5.21 Å². The van der Waals surface area contributed by atoms with Gasteiger partial charge in [-0.3, -0.25) is 0 Å². The van der Waals surface area contributed by atoms with Crippen LogP contribution in [0.15, 0.2) is 0 Å². The molecule has 4 aliphatic rings. The molecule has 0 bridgehead atoms. The number of hydrogen-bond donors (Lipinski definition) is 4. The number of fused-ring (bicyclic) bond motifs is 5. The van der Waals surface area contributed by atoms with E-state index >= 15 is 0 Å². The molecule has 0 saturated heterocycles. The lowest BCUT2D eigenvalue weighted by atomic mass is 9.43. The maximum atomic E-state index is 12.0. The Balaban J connectivity index is 1.60.